The van der Waals surface area contributed by atoms with Crippen molar-refractivity contribution in [2.24, 2.45) is 0 Å². The van der Waals surface area contributed by atoms with Crippen LogP contribution in [0.15, 0.2) is 36.5 Å². The van der Waals surface area contributed by atoms with Crippen LogP contribution in [-0.2, 0) is 22.1 Å². The second-order valence-corrected chi connectivity index (χ2v) is 9.37. The molecule has 1 aliphatic carbocycles. The van der Waals surface area contributed by atoms with Crippen LogP contribution in [0.3, 0.4) is 0 Å². The maximum atomic E-state index is 13.9. The molecule has 0 radical (unpaired) electrons. The molecule has 182 valence electrons. The molecule has 10 heteroatoms. The smallest absolute Gasteiger partial charge is 0.357 e. The van der Waals surface area contributed by atoms with Gasteiger partial charge >= 0.3 is 6.18 Å². The van der Waals surface area contributed by atoms with E-state index in [-0.39, 0.29) is 12.2 Å². The molecule has 0 unspecified atom stereocenters. The third-order valence-corrected chi connectivity index (χ3v) is 7.02. The van der Waals surface area contributed by atoms with Crippen molar-refractivity contribution < 1.29 is 31.5 Å². The van der Waals surface area contributed by atoms with Gasteiger partial charge in [0.1, 0.15) is 17.2 Å². The molecule has 5 rings (SSSR count). The van der Waals surface area contributed by atoms with Gasteiger partial charge in [-0.3, -0.25) is 4.79 Å². The highest BCUT2D eigenvalue weighted by Crippen LogP contribution is 2.51. The van der Waals surface area contributed by atoms with Crippen LogP contribution in [0.2, 0.25) is 0 Å². The van der Waals surface area contributed by atoms with Gasteiger partial charge in [0.15, 0.2) is 5.69 Å². The summed E-state index contributed by atoms with van der Waals surface area (Å²) in [5.74, 6) is -1.38. The summed E-state index contributed by atoms with van der Waals surface area (Å²) in [5, 5.41) is 0. The Morgan fingerprint density at radius 3 is 2.47 bits per heavy atom. The van der Waals surface area contributed by atoms with Crippen LogP contribution in [0.25, 0.3) is 0 Å². The molecule has 3 aliphatic rings. The van der Waals surface area contributed by atoms with Crippen LogP contribution in [0.4, 0.5) is 27.6 Å². The molecule has 0 atom stereocenters. The van der Waals surface area contributed by atoms with Crippen LogP contribution < -0.4 is 4.90 Å². The van der Waals surface area contributed by atoms with Gasteiger partial charge in [-0.2, -0.15) is 13.2 Å². The van der Waals surface area contributed by atoms with Crippen molar-refractivity contribution in [3.63, 3.8) is 0 Å². The Labute approximate surface area is 193 Å². The van der Waals surface area contributed by atoms with Gasteiger partial charge in [0, 0.05) is 25.8 Å². The number of likely N-dealkylation sites (tertiary alicyclic amines) is 1. The summed E-state index contributed by atoms with van der Waals surface area (Å²) in [7, 11) is 0. The number of morpholine rings is 1. The topological polar surface area (TPSA) is 45.7 Å². The van der Waals surface area contributed by atoms with E-state index in [2.05, 4.69) is 9.88 Å². The van der Waals surface area contributed by atoms with E-state index in [0.29, 0.717) is 57.3 Å². The van der Waals surface area contributed by atoms with E-state index in [1.54, 1.807) is 0 Å². The molecule has 3 fully saturated rings. The Bertz CT molecular complexity index is 1090. The summed E-state index contributed by atoms with van der Waals surface area (Å²) in [6.45, 7) is 1.70. The van der Waals surface area contributed by atoms with Crippen LogP contribution in [0.1, 0.15) is 36.9 Å². The standard InChI is InChI=1S/C24H24F5N3O2/c25-17-3-4-18(26)16(14-17)5-11-31-12-8-22(9-13-31)15-32(21(33)23(34-22)6-7-23)19-2-1-10-30-20(19)24(27,28)29/h1-4,10,14H,5-9,11-13,15H2. The normalized spacial score (nSPS) is 21.9. The molecule has 1 saturated carbocycles. The highest BCUT2D eigenvalue weighted by atomic mass is 19.4. The Morgan fingerprint density at radius 1 is 1.06 bits per heavy atom. The zero-order chi connectivity index (χ0) is 24.1. The summed E-state index contributed by atoms with van der Waals surface area (Å²) in [6, 6.07) is 6.06. The number of carbonyl (C=O) groups is 1. The predicted molar refractivity (Wildman–Crippen MR) is 113 cm³/mol. The van der Waals surface area contributed by atoms with Crippen LogP contribution in [0, 0.1) is 11.6 Å². The third kappa shape index (κ3) is 4.29. The van der Waals surface area contributed by atoms with Gasteiger partial charge in [0.05, 0.1) is 17.8 Å². The van der Waals surface area contributed by atoms with E-state index in [1.165, 1.54) is 23.1 Å². The maximum Gasteiger partial charge on any atom is 0.435 e. The lowest BCUT2D eigenvalue weighted by Gasteiger charge is -2.50. The molecule has 34 heavy (non-hydrogen) atoms. The minimum atomic E-state index is -4.69. The minimum Gasteiger partial charge on any atom is -0.357 e. The van der Waals surface area contributed by atoms with E-state index in [0.717, 1.165) is 18.3 Å². The first-order chi connectivity index (χ1) is 16.1. The number of alkyl halides is 3. The predicted octanol–water partition coefficient (Wildman–Crippen LogP) is 4.35. The number of aromatic nitrogens is 1. The van der Waals surface area contributed by atoms with Crippen molar-refractivity contribution in [3.8, 4) is 0 Å². The lowest BCUT2D eigenvalue weighted by molar-refractivity contribution is -0.172. The van der Waals surface area contributed by atoms with Gasteiger partial charge in [-0.05, 0) is 68.0 Å². The van der Waals surface area contributed by atoms with Gasteiger partial charge in [0.25, 0.3) is 5.91 Å². The largest absolute Gasteiger partial charge is 0.435 e. The molecule has 2 saturated heterocycles. The van der Waals surface area contributed by atoms with Crippen molar-refractivity contribution in [1.82, 2.24) is 9.88 Å². The number of anilines is 1. The van der Waals surface area contributed by atoms with Gasteiger partial charge in [-0.1, -0.05) is 0 Å². The van der Waals surface area contributed by atoms with Gasteiger partial charge < -0.3 is 14.5 Å². The summed E-state index contributed by atoms with van der Waals surface area (Å²) in [4.78, 5) is 20.0. The highest BCUT2D eigenvalue weighted by molar-refractivity contribution is 6.02. The number of carbonyl (C=O) groups excluding carboxylic acids is 1. The minimum absolute atomic E-state index is 0.0225. The van der Waals surface area contributed by atoms with E-state index in [1.807, 2.05) is 0 Å². The molecule has 2 spiro atoms. The molecule has 1 aromatic carbocycles. The molecular formula is C24H24F5N3O2. The number of nitrogens with zero attached hydrogens (tertiary/aromatic N) is 3. The number of ether oxygens (including phenoxy) is 1. The zero-order valence-corrected chi connectivity index (χ0v) is 18.4. The van der Waals surface area contributed by atoms with E-state index >= 15 is 0 Å². The average molecular weight is 481 g/mol. The number of hydrogen-bond donors (Lipinski definition) is 0. The van der Waals surface area contributed by atoms with Crippen molar-refractivity contribution >= 4 is 11.6 Å². The molecule has 2 aromatic rings. The first-order valence-electron chi connectivity index (χ1n) is 11.3. The summed E-state index contributed by atoms with van der Waals surface area (Å²) in [5.41, 5.74) is -2.84. The van der Waals surface area contributed by atoms with Crippen LogP contribution in [-0.4, -0.2) is 53.2 Å². The fourth-order valence-electron chi connectivity index (χ4n) is 5.01. The number of halogens is 5. The fraction of sp³-hybridized carbons (Fsp3) is 0.500. The van der Waals surface area contributed by atoms with Gasteiger partial charge in [-0.25, -0.2) is 13.8 Å². The second kappa shape index (κ2) is 8.27. The van der Waals surface area contributed by atoms with Crippen molar-refractivity contribution in [2.45, 2.75) is 49.5 Å². The molecule has 2 aliphatic heterocycles. The molecule has 1 aromatic heterocycles. The first-order valence-corrected chi connectivity index (χ1v) is 11.3. The number of hydrogen-bond acceptors (Lipinski definition) is 4. The second-order valence-electron chi connectivity index (χ2n) is 9.37. The quantitative estimate of drug-likeness (QED) is 0.610. The number of benzene rings is 1. The molecule has 5 nitrogen and oxygen atoms in total. The Hall–Kier alpha value is -2.59. The maximum absolute atomic E-state index is 13.9. The highest BCUT2D eigenvalue weighted by Gasteiger charge is 2.62. The average Bonchev–Trinajstić information content (AvgIpc) is 3.57. The van der Waals surface area contributed by atoms with Crippen molar-refractivity contribution in [3.05, 3.63) is 59.4 Å². The van der Waals surface area contributed by atoms with Gasteiger partial charge in [0.2, 0.25) is 0 Å². The molecule has 0 bridgehead atoms. The van der Waals surface area contributed by atoms with E-state index in [4.69, 9.17) is 4.74 Å². The molecule has 0 N–H and O–H groups in total. The Morgan fingerprint density at radius 2 is 1.79 bits per heavy atom. The monoisotopic (exact) mass is 481 g/mol. The van der Waals surface area contributed by atoms with Crippen LogP contribution in [0.5, 0.6) is 0 Å². The molecular weight excluding hydrogens is 457 g/mol. The first kappa shape index (κ1) is 23.2. The number of amides is 1. The summed E-state index contributed by atoms with van der Waals surface area (Å²) in [6.07, 6.45) is -1.27. The van der Waals surface area contributed by atoms with Crippen molar-refractivity contribution in [1.29, 1.82) is 0 Å². The van der Waals surface area contributed by atoms with Crippen molar-refractivity contribution in [2.75, 3.05) is 31.1 Å². The molecule has 1 amide bonds. The van der Waals surface area contributed by atoms with E-state index < -0.39 is 40.6 Å². The molecule has 3 heterocycles. The number of piperidine rings is 1. The van der Waals surface area contributed by atoms with Gasteiger partial charge in [-0.15, -0.1) is 0 Å². The number of rotatable bonds is 4. The lowest BCUT2D eigenvalue weighted by Crippen LogP contribution is -2.63. The zero-order valence-electron chi connectivity index (χ0n) is 18.4. The Kier molecular flexibility index (Phi) is 5.63. The summed E-state index contributed by atoms with van der Waals surface area (Å²) < 4.78 is 74.5. The number of pyridine rings is 1. The summed E-state index contributed by atoms with van der Waals surface area (Å²) >= 11 is 0. The third-order valence-electron chi connectivity index (χ3n) is 7.02. The van der Waals surface area contributed by atoms with E-state index in [9.17, 15) is 26.7 Å². The SMILES string of the molecule is O=C1N(c2cccnc2C(F)(F)F)CC2(CCN(CCc3cc(F)ccc3F)CC2)OC12CC2. The Balaban J connectivity index is 1.31. The fourth-order valence-corrected chi connectivity index (χ4v) is 5.01. The van der Waals surface area contributed by atoms with Crippen LogP contribution >= 0.6 is 0 Å². The lowest BCUT2D eigenvalue weighted by atomic mass is 9.87.